The van der Waals surface area contributed by atoms with Crippen molar-refractivity contribution in [2.24, 2.45) is 0 Å². The van der Waals surface area contributed by atoms with Gasteiger partial charge in [0, 0.05) is 6.42 Å². The van der Waals surface area contributed by atoms with Crippen LogP contribution in [-0.4, -0.2) is 55.3 Å². The van der Waals surface area contributed by atoms with Crippen molar-refractivity contribution in [2.45, 2.75) is 51.6 Å². The summed E-state index contributed by atoms with van der Waals surface area (Å²) >= 11 is 0. The number of allylic oxidation sites excluding steroid dienone is 4. The summed E-state index contributed by atoms with van der Waals surface area (Å²) in [6.07, 6.45) is 11.6. The first-order valence-electron chi connectivity index (χ1n) is 8.26. The lowest BCUT2D eigenvalue weighted by Gasteiger charge is -2.28. The second-order valence-electron chi connectivity index (χ2n) is 6.65. The summed E-state index contributed by atoms with van der Waals surface area (Å²) in [5, 5.41) is 8.91. The molecule has 0 bridgehead atoms. The van der Waals surface area contributed by atoms with Gasteiger partial charge < -0.3 is 14.3 Å². The van der Waals surface area contributed by atoms with Crippen LogP contribution in [0.1, 0.15) is 45.4 Å². The zero-order valence-electron chi connectivity index (χ0n) is 15.0. The number of esters is 1. The minimum absolute atomic E-state index is 0.152. The number of unbranched alkanes of at least 4 members (excludes halogenated alkanes) is 1. The third-order valence-electron chi connectivity index (χ3n) is 3.04. The van der Waals surface area contributed by atoms with Crippen molar-refractivity contribution in [2.75, 3.05) is 27.7 Å². The molecule has 0 aliphatic carbocycles. The van der Waals surface area contributed by atoms with Gasteiger partial charge in [0.15, 0.2) is 6.10 Å². The van der Waals surface area contributed by atoms with Crippen LogP contribution in [0.4, 0.5) is 0 Å². The zero-order chi connectivity index (χ0) is 17.7. The third-order valence-corrected chi connectivity index (χ3v) is 3.04. The molecule has 23 heavy (non-hydrogen) atoms. The Labute approximate surface area is 140 Å². The van der Waals surface area contributed by atoms with Crippen molar-refractivity contribution in [1.82, 2.24) is 0 Å². The van der Waals surface area contributed by atoms with Crippen LogP contribution >= 0.6 is 0 Å². The molecule has 0 saturated carbocycles. The van der Waals surface area contributed by atoms with Crippen LogP contribution in [0.25, 0.3) is 0 Å². The van der Waals surface area contributed by atoms with Crippen molar-refractivity contribution in [3.05, 3.63) is 24.3 Å². The van der Waals surface area contributed by atoms with E-state index in [4.69, 9.17) is 9.84 Å². The van der Waals surface area contributed by atoms with E-state index in [-0.39, 0.29) is 18.8 Å². The van der Waals surface area contributed by atoms with Gasteiger partial charge in [-0.3, -0.25) is 9.59 Å². The molecule has 1 unspecified atom stereocenters. The number of aliphatic carboxylic acids is 1. The number of nitrogens with zero attached hydrogens (tertiary/aromatic N) is 1. The van der Waals surface area contributed by atoms with Crippen LogP contribution in [0.5, 0.6) is 0 Å². The number of hydrogen-bond acceptors (Lipinski definition) is 3. The summed E-state index contributed by atoms with van der Waals surface area (Å²) in [4.78, 5) is 22.7. The topological polar surface area (TPSA) is 63.6 Å². The number of quaternary nitrogens is 1. The van der Waals surface area contributed by atoms with Gasteiger partial charge in [-0.2, -0.15) is 0 Å². The van der Waals surface area contributed by atoms with Gasteiger partial charge in [-0.25, -0.2) is 0 Å². The van der Waals surface area contributed by atoms with E-state index < -0.39 is 12.1 Å². The summed E-state index contributed by atoms with van der Waals surface area (Å²) in [7, 11) is 5.83. The third kappa shape index (κ3) is 15.1. The van der Waals surface area contributed by atoms with Crippen molar-refractivity contribution in [3.63, 3.8) is 0 Å². The first-order chi connectivity index (χ1) is 10.7. The van der Waals surface area contributed by atoms with Gasteiger partial charge in [-0.1, -0.05) is 31.2 Å². The molecule has 0 spiro atoms. The fraction of sp³-hybridized carbons (Fsp3) is 0.667. The SMILES string of the molecule is CC/C=C/CC/C=C/CCC(=O)OC(CC(=O)O)C[N+](C)(C)C. The summed E-state index contributed by atoms with van der Waals surface area (Å²) in [5.41, 5.74) is 0. The highest BCUT2D eigenvalue weighted by atomic mass is 16.5. The lowest BCUT2D eigenvalue weighted by Crippen LogP contribution is -2.43. The van der Waals surface area contributed by atoms with Crippen LogP contribution in [0.15, 0.2) is 24.3 Å². The number of ether oxygens (including phenoxy) is 1. The van der Waals surface area contributed by atoms with Gasteiger partial charge in [-0.15, -0.1) is 0 Å². The van der Waals surface area contributed by atoms with E-state index in [9.17, 15) is 9.59 Å². The molecule has 5 nitrogen and oxygen atoms in total. The lowest BCUT2D eigenvalue weighted by atomic mass is 10.2. The smallest absolute Gasteiger partial charge is 0.307 e. The van der Waals surface area contributed by atoms with Gasteiger partial charge in [-0.05, 0) is 25.7 Å². The van der Waals surface area contributed by atoms with E-state index in [1.54, 1.807) is 0 Å². The van der Waals surface area contributed by atoms with Gasteiger partial charge >= 0.3 is 11.9 Å². The number of carboxylic acid groups (broad SMARTS) is 1. The van der Waals surface area contributed by atoms with Gasteiger partial charge in [0.2, 0.25) is 0 Å². The van der Waals surface area contributed by atoms with E-state index in [2.05, 4.69) is 25.2 Å². The number of carbonyl (C=O) groups is 2. The largest absolute Gasteiger partial charge is 0.481 e. The second kappa shape index (κ2) is 11.9. The molecule has 0 aliphatic heterocycles. The maximum absolute atomic E-state index is 11.8. The molecule has 0 heterocycles. The maximum atomic E-state index is 11.8. The minimum Gasteiger partial charge on any atom is -0.481 e. The fourth-order valence-electron chi connectivity index (χ4n) is 2.11. The van der Waals surface area contributed by atoms with Crippen molar-refractivity contribution in [3.8, 4) is 0 Å². The maximum Gasteiger partial charge on any atom is 0.307 e. The monoisotopic (exact) mass is 326 g/mol. The van der Waals surface area contributed by atoms with E-state index >= 15 is 0 Å². The first kappa shape index (κ1) is 21.4. The Morgan fingerprint density at radius 3 is 2.13 bits per heavy atom. The van der Waals surface area contributed by atoms with Gasteiger partial charge in [0.25, 0.3) is 0 Å². The lowest BCUT2D eigenvalue weighted by molar-refractivity contribution is -0.873. The first-order valence-corrected chi connectivity index (χ1v) is 8.26. The Bertz CT molecular complexity index is 408. The number of carbonyl (C=O) groups excluding carboxylic acids is 1. The minimum atomic E-state index is -0.948. The summed E-state index contributed by atoms with van der Waals surface area (Å²) in [6.45, 7) is 2.59. The molecule has 0 amide bonds. The summed E-state index contributed by atoms with van der Waals surface area (Å²) in [5.74, 6) is -1.28. The second-order valence-corrected chi connectivity index (χ2v) is 6.65. The Balaban J connectivity index is 4.09. The summed E-state index contributed by atoms with van der Waals surface area (Å²) in [6, 6.07) is 0. The van der Waals surface area contributed by atoms with E-state index in [1.807, 2.05) is 27.2 Å². The molecule has 0 aromatic heterocycles. The van der Waals surface area contributed by atoms with Crippen molar-refractivity contribution in [1.29, 1.82) is 0 Å². The molecular weight excluding hydrogens is 294 g/mol. The van der Waals surface area contributed by atoms with E-state index in [1.165, 1.54) is 0 Å². The van der Waals surface area contributed by atoms with Crippen LogP contribution in [0.3, 0.4) is 0 Å². The summed E-state index contributed by atoms with van der Waals surface area (Å²) < 4.78 is 5.87. The van der Waals surface area contributed by atoms with Crippen LogP contribution < -0.4 is 0 Å². The predicted molar refractivity (Wildman–Crippen MR) is 92.1 cm³/mol. The van der Waals surface area contributed by atoms with E-state index in [0.717, 1.165) is 19.3 Å². The molecule has 0 radical (unpaired) electrons. The highest BCUT2D eigenvalue weighted by molar-refractivity contribution is 5.71. The van der Waals surface area contributed by atoms with Crippen LogP contribution in [0.2, 0.25) is 0 Å². The Morgan fingerprint density at radius 2 is 1.61 bits per heavy atom. The fourth-order valence-corrected chi connectivity index (χ4v) is 2.11. The zero-order valence-corrected chi connectivity index (χ0v) is 15.0. The van der Waals surface area contributed by atoms with E-state index in [0.29, 0.717) is 17.4 Å². The Kier molecular flexibility index (Phi) is 11.0. The highest BCUT2D eigenvalue weighted by Crippen LogP contribution is 2.08. The average Bonchev–Trinajstić information content (AvgIpc) is 2.39. The molecular formula is C18H32NO4+. The molecule has 0 aliphatic rings. The number of rotatable bonds is 12. The van der Waals surface area contributed by atoms with Crippen molar-refractivity contribution < 1.29 is 23.9 Å². The number of carboxylic acids is 1. The Morgan fingerprint density at radius 1 is 1.04 bits per heavy atom. The quantitative estimate of drug-likeness (QED) is 0.259. The predicted octanol–water partition coefficient (Wildman–Crippen LogP) is 3.16. The standard InChI is InChI=1S/C18H31NO4/c1-5-6-7-8-9-10-11-12-13-18(22)23-16(14-17(20)21)15-19(2,3)4/h6-7,10-11,16H,5,8-9,12-15H2,1-4H3/p+1/b7-6+,11-10+. The molecule has 0 fully saturated rings. The molecule has 0 aromatic carbocycles. The molecule has 5 heteroatoms. The van der Waals surface area contributed by atoms with Gasteiger partial charge in [0.05, 0.1) is 27.6 Å². The molecule has 0 aromatic rings. The molecule has 0 saturated heterocycles. The molecule has 0 rings (SSSR count). The van der Waals surface area contributed by atoms with Gasteiger partial charge in [0.1, 0.15) is 6.54 Å². The molecule has 132 valence electrons. The average molecular weight is 326 g/mol. The highest BCUT2D eigenvalue weighted by Gasteiger charge is 2.24. The Hall–Kier alpha value is -1.62. The number of hydrogen-bond donors (Lipinski definition) is 1. The normalized spacial score (nSPS) is 13.6. The van der Waals surface area contributed by atoms with Crippen LogP contribution in [-0.2, 0) is 14.3 Å². The molecule has 1 atom stereocenters. The van der Waals surface area contributed by atoms with Crippen molar-refractivity contribution >= 4 is 11.9 Å². The molecule has 1 N–H and O–H groups in total. The van der Waals surface area contributed by atoms with Crippen LogP contribution in [0, 0.1) is 0 Å². The number of likely N-dealkylation sites (N-methyl/N-ethyl adjacent to an activating group) is 1.